The number of hydrogen-bond acceptors (Lipinski definition) is 5. The Balaban J connectivity index is 1.26. The first kappa shape index (κ1) is 22.7. The summed E-state index contributed by atoms with van der Waals surface area (Å²) in [7, 11) is 0. The molecule has 0 atom stereocenters. The van der Waals surface area contributed by atoms with Crippen molar-refractivity contribution in [2.45, 2.75) is 12.6 Å². The molecule has 0 bridgehead atoms. The van der Waals surface area contributed by atoms with E-state index in [1.54, 1.807) is 4.90 Å². The largest absolute Gasteiger partial charge is 0.437 e. The third-order valence-electron chi connectivity index (χ3n) is 6.25. The molecule has 4 aromatic rings. The van der Waals surface area contributed by atoms with E-state index in [2.05, 4.69) is 34.3 Å². The Morgan fingerprint density at radius 1 is 0.857 bits per heavy atom. The molecule has 8 heteroatoms. The number of halogens is 1. The fourth-order valence-corrected chi connectivity index (χ4v) is 4.46. The number of carbonyl (C=O) groups is 1. The van der Waals surface area contributed by atoms with Crippen LogP contribution in [0.25, 0.3) is 11.5 Å². The summed E-state index contributed by atoms with van der Waals surface area (Å²) in [6.45, 7) is 2.30. The van der Waals surface area contributed by atoms with Gasteiger partial charge in [-0.1, -0.05) is 60.7 Å². The molecule has 1 aliphatic heterocycles. The highest BCUT2D eigenvalue weighted by Crippen LogP contribution is 2.29. The van der Waals surface area contributed by atoms with Crippen LogP contribution in [0.4, 0.5) is 4.39 Å². The highest BCUT2D eigenvalue weighted by molar-refractivity contribution is 5.76. The minimum atomic E-state index is -0.718. The van der Waals surface area contributed by atoms with E-state index in [9.17, 15) is 14.0 Å². The third kappa shape index (κ3) is 5.07. The SMILES string of the molecule is O=C(Cn1nc(-c2ccc(F)cc2)oc1=O)N1CCN(C(c2ccccc2)c2ccccc2)CC1. The average molecular weight is 473 g/mol. The van der Waals surface area contributed by atoms with Gasteiger partial charge in [0.15, 0.2) is 0 Å². The molecule has 5 rings (SSSR count). The van der Waals surface area contributed by atoms with Crippen LogP contribution in [0, 0.1) is 5.82 Å². The van der Waals surface area contributed by atoms with Crippen molar-refractivity contribution in [3.05, 3.63) is 112 Å². The van der Waals surface area contributed by atoms with E-state index in [-0.39, 0.29) is 24.4 Å². The van der Waals surface area contributed by atoms with Crippen LogP contribution >= 0.6 is 0 Å². The maximum Gasteiger partial charge on any atom is 0.437 e. The van der Waals surface area contributed by atoms with E-state index in [0.717, 1.165) is 4.68 Å². The monoisotopic (exact) mass is 472 g/mol. The molecule has 1 saturated heterocycles. The summed E-state index contributed by atoms with van der Waals surface area (Å²) >= 11 is 0. The van der Waals surface area contributed by atoms with Crippen molar-refractivity contribution in [1.82, 2.24) is 19.6 Å². The van der Waals surface area contributed by atoms with Gasteiger partial charge >= 0.3 is 5.76 Å². The molecular weight excluding hydrogens is 447 g/mol. The first-order valence-corrected chi connectivity index (χ1v) is 11.5. The fourth-order valence-electron chi connectivity index (χ4n) is 4.46. The molecule has 0 unspecified atom stereocenters. The van der Waals surface area contributed by atoms with Gasteiger partial charge in [0.1, 0.15) is 12.4 Å². The van der Waals surface area contributed by atoms with Crippen LogP contribution in [-0.2, 0) is 11.3 Å². The summed E-state index contributed by atoms with van der Waals surface area (Å²) in [5, 5.41) is 4.12. The van der Waals surface area contributed by atoms with Gasteiger partial charge in [0.05, 0.1) is 6.04 Å². The summed E-state index contributed by atoms with van der Waals surface area (Å²) in [4.78, 5) is 29.3. The summed E-state index contributed by atoms with van der Waals surface area (Å²) in [5.41, 5.74) is 2.89. The van der Waals surface area contributed by atoms with Gasteiger partial charge in [-0.2, -0.15) is 4.68 Å². The summed E-state index contributed by atoms with van der Waals surface area (Å²) in [5.74, 6) is -1.25. The Labute approximate surface area is 202 Å². The van der Waals surface area contributed by atoms with Crippen molar-refractivity contribution in [3.8, 4) is 11.5 Å². The molecule has 178 valence electrons. The molecule has 1 fully saturated rings. The molecule has 1 aromatic heterocycles. The number of aromatic nitrogens is 2. The van der Waals surface area contributed by atoms with Crippen LogP contribution in [-0.4, -0.2) is 51.7 Å². The zero-order valence-corrected chi connectivity index (χ0v) is 19.1. The second kappa shape index (κ2) is 10.1. The van der Waals surface area contributed by atoms with Gasteiger partial charge in [0, 0.05) is 31.7 Å². The lowest BCUT2D eigenvalue weighted by Gasteiger charge is -2.39. The van der Waals surface area contributed by atoms with Gasteiger partial charge in [0.25, 0.3) is 0 Å². The van der Waals surface area contributed by atoms with Crippen molar-refractivity contribution in [2.24, 2.45) is 0 Å². The summed E-state index contributed by atoms with van der Waals surface area (Å²) in [6, 6.07) is 26.3. The van der Waals surface area contributed by atoms with E-state index in [1.165, 1.54) is 35.4 Å². The second-order valence-corrected chi connectivity index (χ2v) is 8.48. The number of piperazine rings is 1. The number of rotatable bonds is 6. The predicted molar refractivity (Wildman–Crippen MR) is 129 cm³/mol. The van der Waals surface area contributed by atoms with Gasteiger partial charge in [-0.3, -0.25) is 9.69 Å². The Morgan fingerprint density at radius 2 is 1.43 bits per heavy atom. The number of amides is 1. The molecule has 2 heterocycles. The van der Waals surface area contributed by atoms with Crippen LogP contribution in [0.1, 0.15) is 17.2 Å². The van der Waals surface area contributed by atoms with Crippen molar-refractivity contribution in [1.29, 1.82) is 0 Å². The third-order valence-corrected chi connectivity index (χ3v) is 6.25. The number of hydrogen-bond donors (Lipinski definition) is 0. The Kier molecular flexibility index (Phi) is 6.54. The highest BCUT2D eigenvalue weighted by Gasteiger charge is 2.28. The molecule has 0 aliphatic carbocycles. The van der Waals surface area contributed by atoms with Crippen molar-refractivity contribution in [2.75, 3.05) is 26.2 Å². The molecule has 35 heavy (non-hydrogen) atoms. The minimum Gasteiger partial charge on any atom is -0.388 e. The van der Waals surface area contributed by atoms with E-state index >= 15 is 0 Å². The lowest BCUT2D eigenvalue weighted by molar-refractivity contribution is -0.134. The second-order valence-electron chi connectivity index (χ2n) is 8.48. The van der Waals surface area contributed by atoms with E-state index in [0.29, 0.717) is 31.7 Å². The molecule has 1 amide bonds. The molecular formula is C27H25FN4O3. The maximum absolute atomic E-state index is 13.2. The highest BCUT2D eigenvalue weighted by atomic mass is 19.1. The minimum absolute atomic E-state index is 0.0567. The fraction of sp³-hybridized carbons (Fsp3) is 0.222. The Morgan fingerprint density at radius 3 is 2.00 bits per heavy atom. The quantitative estimate of drug-likeness (QED) is 0.429. The zero-order valence-electron chi connectivity index (χ0n) is 19.1. The summed E-state index contributed by atoms with van der Waals surface area (Å²) in [6.07, 6.45) is 0. The van der Waals surface area contributed by atoms with E-state index < -0.39 is 11.6 Å². The molecule has 7 nitrogen and oxygen atoms in total. The first-order valence-electron chi connectivity index (χ1n) is 11.5. The molecule has 0 spiro atoms. The normalized spacial score (nSPS) is 14.4. The number of carbonyl (C=O) groups excluding carboxylic acids is 1. The zero-order chi connectivity index (χ0) is 24.2. The number of benzene rings is 3. The topological polar surface area (TPSA) is 71.6 Å². The van der Waals surface area contributed by atoms with Crippen molar-refractivity contribution in [3.63, 3.8) is 0 Å². The Hall–Kier alpha value is -4.04. The Bertz CT molecular complexity index is 1290. The lowest BCUT2D eigenvalue weighted by atomic mass is 9.96. The molecule has 0 saturated carbocycles. The van der Waals surface area contributed by atoms with Crippen LogP contribution in [0.5, 0.6) is 0 Å². The maximum atomic E-state index is 13.2. The predicted octanol–water partition coefficient (Wildman–Crippen LogP) is 3.58. The van der Waals surface area contributed by atoms with Crippen LogP contribution < -0.4 is 5.76 Å². The van der Waals surface area contributed by atoms with Gasteiger partial charge in [-0.25, -0.2) is 9.18 Å². The smallest absolute Gasteiger partial charge is 0.388 e. The first-order chi connectivity index (χ1) is 17.1. The van der Waals surface area contributed by atoms with Crippen LogP contribution in [0.3, 0.4) is 0 Å². The lowest BCUT2D eigenvalue weighted by Crippen LogP contribution is -2.51. The van der Waals surface area contributed by atoms with Gasteiger partial charge in [0.2, 0.25) is 11.8 Å². The van der Waals surface area contributed by atoms with E-state index in [1.807, 2.05) is 36.4 Å². The molecule has 3 aromatic carbocycles. The van der Waals surface area contributed by atoms with Gasteiger partial charge in [-0.05, 0) is 35.4 Å². The van der Waals surface area contributed by atoms with E-state index in [4.69, 9.17) is 4.42 Å². The molecule has 0 radical (unpaired) electrons. The molecule has 1 aliphatic rings. The standard InChI is InChI=1S/C27H25FN4O3/c28-23-13-11-22(12-14-23)26-29-32(27(34)35-26)19-24(33)30-15-17-31(18-16-30)25(20-7-3-1-4-8-20)21-9-5-2-6-10-21/h1-14,25H,15-19H2. The summed E-state index contributed by atoms with van der Waals surface area (Å²) < 4.78 is 19.4. The van der Waals surface area contributed by atoms with Gasteiger partial charge in [-0.15, -0.1) is 5.10 Å². The van der Waals surface area contributed by atoms with Gasteiger partial charge < -0.3 is 9.32 Å². The average Bonchev–Trinajstić information content (AvgIpc) is 3.26. The number of nitrogens with zero attached hydrogens (tertiary/aromatic N) is 4. The van der Waals surface area contributed by atoms with Crippen molar-refractivity contribution >= 4 is 5.91 Å². The van der Waals surface area contributed by atoms with Crippen molar-refractivity contribution < 1.29 is 13.6 Å². The molecule has 0 N–H and O–H groups in total. The van der Waals surface area contributed by atoms with Crippen LogP contribution in [0.2, 0.25) is 0 Å². The van der Waals surface area contributed by atoms with Crippen LogP contribution in [0.15, 0.2) is 94.1 Å².